The lowest BCUT2D eigenvalue weighted by Crippen LogP contribution is -2.01. The van der Waals surface area contributed by atoms with Gasteiger partial charge in [0, 0.05) is 43.6 Å². The van der Waals surface area contributed by atoms with Crippen LogP contribution < -0.4 is 0 Å². The molecule has 4 aromatic heterocycles. The molecular formula is C51H30N4O2. The van der Waals surface area contributed by atoms with Crippen molar-refractivity contribution in [3.63, 3.8) is 0 Å². The van der Waals surface area contributed by atoms with E-state index >= 15 is 0 Å². The molecule has 0 atom stereocenters. The summed E-state index contributed by atoms with van der Waals surface area (Å²) in [6.07, 6.45) is 0. The maximum atomic E-state index is 6.46. The van der Waals surface area contributed by atoms with E-state index in [9.17, 15) is 0 Å². The molecule has 4 heterocycles. The van der Waals surface area contributed by atoms with Crippen molar-refractivity contribution in [1.82, 2.24) is 19.5 Å². The third kappa shape index (κ3) is 4.87. The molecule has 12 aromatic rings. The van der Waals surface area contributed by atoms with Crippen LogP contribution in [0.15, 0.2) is 191 Å². The van der Waals surface area contributed by atoms with Crippen LogP contribution in [0.3, 0.4) is 0 Å². The molecular weight excluding hydrogens is 701 g/mol. The highest BCUT2D eigenvalue weighted by atomic mass is 16.3. The number of fused-ring (bicyclic) bond motifs is 9. The van der Waals surface area contributed by atoms with Gasteiger partial charge in [-0.1, -0.05) is 133 Å². The maximum Gasteiger partial charge on any atom is 0.164 e. The second-order valence-corrected chi connectivity index (χ2v) is 14.3. The molecule has 0 aliphatic heterocycles. The Balaban J connectivity index is 1.13. The summed E-state index contributed by atoms with van der Waals surface area (Å²) < 4.78 is 15.2. The molecule has 0 N–H and O–H groups in total. The summed E-state index contributed by atoms with van der Waals surface area (Å²) in [5.41, 5.74) is 11.5. The summed E-state index contributed by atoms with van der Waals surface area (Å²) >= 11 is 0. The van der Waals surface area contributed by atoms with E-state index in [2.05, 4.69) is 120 Å². The van der Waals surface area contributed by atoms with Gasteiger partial charge >= 0.3 is 0 Å². The highest BCUT2D eigenvalue weighted by molar-refractivity contribution is 6.18. The van der Waals surface area contributed by atoms with Crippen molar-refractivity contribution in [3.05, 3.63) is 182 Å². The minimum atomic E-state index is 0.577. The van der Waals surface area contributed by atoms with Crippen molar-refractivity contribution in [2.45, 2.75) is 0 Å². The summed E-state index contributed by atoms with van der Waals surface area (Å²) in [4.78, 5) is 15.8. The third-order valence-electron chi connectivity index (χ3n) is 11.1. The summed E-state index contributed by atoms with van der Waals surface area (Å²) in [6, 6.07) is 62.5. The number of aromatic nitrogens is 4. The third-order valence-corrected chi connectivity index (χ3v) is 11.1. The SMILES string of the molecule is c1ccc(-c2ccc3oc4cccc(-c5nc(-c6ccccc6)nc(-c6cccc7c6c6ccccc6n7-c6cccc7oc8ccccc8c67)n5)c4c3c2)cc1. The molecule has 0 bridgehead atoms. The first kappa shape index (κ1) is 31.5. The first-order valence-corrected chi connectivity index (χ1v) is 19.0. The molecule has 0 fully saturated rings. The zero-order valence-corrected chi connectivity index (χ0v) is 30.4. The second kappa shape index (κ2) is 12.3. The predicted molar refractivity (Wildman–Crippen MR) is 230 cm³/mol. The Morgan fingerprint density at radius 3 is 1.68 bits per heavy atom. The van der Waals surface area contributed by atoms with E-state index in [1.165, 1.54) is 0 Å². The van der Waals surface area contributed by atoms with Gasteiger partial charge in [-0.05, 0) is 59.7 Å². The first-order chi connectivity index (χ1) is 28.3. The van der Waals surface area contributed by atoms with E-state index in [1.54, 1.807) is 0 Å². The zero-order chi connectivity index (χ0) is 37.5. The van der Waals surface area contributed by atoms with E-state index in [4.69, 9.17) is 23.8 Å². The molecule has 266 valence electrons. The Kier molecular flexibility index (Phi) is 6.83. The Morgan fingerprint density at radius 1 is 0.333 bits per heavy atom. The average molecular weight is 731 g/mol. The molecule has 0 unspecified atom stereocenters. The van der Waals surface area contributed by atoms with E-state index in [1.807, 2.05) is 66.7 Å². The molecule has 0 saturated carbocycles. The minimum absolute atomic E-state index is 0.577. The molecule has 0 aliphatic carbocycles. The Bertz CT molecular complexity index is 3530. The summed E-state index contributed by atoms with van der Waals surface area (Å²) in [7, 11) is 0. The van der Waals surface area contributed by atoms with Gasteiger partial charge in [-0.3, -0.25) is 0 Å². The number of para-hydroxylation sites is 2. The van der Waals surface area contributed by atoms with E-state index < -0.39 is 0 Å². The number of nitrogens with zero attached hydrogens (tertiary/aromatic N) is 4. The van der Waals surface area contributed by atoms with Gasteiger partial charge in [-0.25, -0.2) is 15.0 Å². The van der Waals surface area contributed by atoms with Crippen LogP contribution in [0.2, 0.25) is 0 Å². The lowest BCUT2D eigenvalue weighted by Gasteiger charge is -2.11. The van der Waals surface area contributed by atoms with E-state index in [-0.39, 0.29) is 0 Å². The van der Waals surface area contributed by atoms with Gasteiger partial charge in [0.15, 0.2) is 17.5 Å². The molecule has 8 aromatic carbocycles. The van der Waals surface area contributed by atoms with Gasteiger partial charge in [0.2, 0.25) is 0 Å². The molecule has 0 radical (unpaired) electrons. The molecule has 12 rings (SSSR count). The smallest absolute Gasteiger partial charge is 0.164 e. The van der Waals surface area contributed by atoms with Gasteiger partial charge in [0.05, 0.1) is 22.1 Å². The van der Waals surface area contributed by atoms with Crippen LogP contribution in [0, 0.1) is 0 Å². The van der Waals surface area contributed by atoms with Crippen LogP contribution in [0.25, 0.3) is 117 Å². The molecule has 0 spiro atoms. The number of hydrogen-bond donors (Lipinski definition) is 0. The fourth-order valence-electron chi connectivity index (χ4n) is 8.56. The van der Waals surface area contributed by atoms with Crippen LogP contribution in [0.5, 0.6) is 0 Å². The largest absolute Gasteiger partial charge is 0.456 e. The fourth-order valence-corrected chi connectivity index (χ4v) is 8.56. The monoisotopic (exact) mass is 730 g/mol. The van der Waals surface area contributed by atoms with Crippen molar-refractivity contribution in [2.24, 2.45) is 0 Å². The van der Waals surface area contributed by atoms with Gasteiger partial charge in [0.25, 0.3) is 0 Å². The lowest BCUT2D eigenvalue weighted by atomic mass is 10.0. The topological polar surface area (TPSA) is 69.9 Å². The standard InChI is InChI=1S/C51H30N4O2/c1-3-14-31(15-4-1)33-28-29-43-38(30-33)47-37(21-12-26-44(47)57-43)51-53-49(32-16-5-2-6-17-32)52-50(54-51)36-20-11-23-40-46(36)34-18-7-9-22-39(34)55(40)41-24-13-27-45-48(41)35-19-8-10-25-42(35)56-45/h1-30H. The Hall–Kier alpha value is -7.83. The van der Waals surface area contributed by atoms with Gasteiger partial charge in [0.1, 0.15) is 22.3 Å². The van der Waals surface area contributed by atoms with Crippen LogP contribution >= 0.6 is 0 Å². The molecule has 0 aliphatic rings. The lowest BCUT2D eigenvalue weighted by molar-refractivity contribution is 0.668. The Morgan fingerprint density at radius 2 is 0.895 bits per heavy atom. The summed E-state index contributed by atoms with van der Waals surface area (Å²) in [5, 5.41) is 6.30. The first-order valence-electron chi connectivity index (χ1n) is 19.0. The van der Waals surface area contributed by atoms with E-state index in [0.29, 0.717) is 17.5 Å². The predicted octanol–water partition coefficient (Wildman–Crippen LogP) is 13.4. The quantitative estimate of drug-likeness (QED) is 0.176. The normalized spacial score (nSPS) is 11.9. The fraction of sp³-hybridized carbons (Fsp3) is 0. The molecule has 0 saturated heterocycles. The summed E-state index contributed by atoms with van der Waals surface area (Å²) in [5.74, 6) is 1.77. The maximum absolute atomic E-state index is 6.46. The van der Waals surface area contributed by atoms with Gasteiger partial charge in [-0.2, -0.15) is 0 Å². The van der Waals surface area contributed by atoms with Gasteiger partial charge < -0.3 is 13.4 Å². The Labute approximate surface area is 325 Å². The van der Waals surface area contributed by atoms with Gasteiger partial charge in [-0.15, -0.1) is 0 Å². The average Bonchev–Trinajstić information content (AvgIpc) is 3.96. The molecule has 57 heavy (non-hydrogen) atoms. The van der Waals surface area contributed by atoms with Crippen molar-refractivity contribution in [1.29, 1.82) is 0 Å². The van der Waals surface area contributed by atoms with Crippen molar-refractivity contribution in [3.8, 4) is 51.0 Å². The van der Waals surface area contributed by atoms with Crippen molar-refractivity contribution >= 4 is 65.7 Å². The number of benzene rings is 8. The van der Waals surface area contributed by atoms with Crippen molar-refractivity contribution in [2.75, 3.05) is 0 Å². The van der Waals surface area contributed by atoms with Crippen LogP contribution in [-0.4, -0.2) is 19.5 Å². The highest BCUT2D eigenvalue weighted by Crippen LogP contribution is 2.43. The molecule has 0 amide bonds. The number of hydrogen-bond acceptors (Lipinski definition) is 5. The number of furan rings is 2. The van der Waals surface area contributed by atoms with Crippen LogP contribution in [0.1, 0.15) is 0 Å². The zero-order valence-electron chi connectivity index (χ0n) is 30.4. The second-order valence-electron chi connectivity index (χ2n) is 14.3. The highest BCUT2D eigenvalue weighted by Gasteiger charge is 2.23. The summed E-state index contributed by atoms with van der Waals surface area (Å²) in [6.45, 7) is 0. The van der Waals surface area contributed by atoms with Crippen molar-refractivity contribution < 1.29 is 8.83 Å². The minimum Gasteiger partial charge on any atom is -0.456 e. The molecule has 6 nitrogen and oxygen atoms in total. The molecule has 6 heteroatoms. The van der Waals surface area contributed by atoms with Crippen LogP contribution in [-0.2, 0) is 0 Å². The van der Waals surface area contributed by atoms with Crippen LogP contribution in [0.4, 0.5) is 0 Å². The number of rotatable bonds is 5. The van der Waals surface area contributed by atoms with E-state index in [0.717, 1.165) is 99.2 Å².